The van der Waals surface area contributed by atoms with Gasteiger partial charge in [-0.25, -0.2) is 9.78 Å². The molecule has 0 saturated carbocycles. The topological polar surface area (TPSA) is 62.7 Å². The van der Waals surface area contributed by atoms with Crippen LogP contribution in [0.2, 0.25) is 5.02 Å². The van der Waals surface area contributed by atoms with Crippen molar-refractivity contribution in [3.8, 4) is 17.0 Å². The molecule has 24 heavy (non-hydrogen) atoms. The molecule has 1 N–H and O–H groups in total. The Balaban J connectivity index is 1.52. The van der Waals surface area contributed by atoms with E-state index in [4.69, 9.17) is 16.3 Å². The Kier molecular flexibility index (Phi) is 3.73. The second-order valence-corrected chi connectivity index (χ2v) is 7.04. The zero-order chi connectivity index (χ0) is 16.8. The molecule has 124 valence electrons. The van der Waals surface area contributed by atoms with E-state index in [0.29, 0.717) is 29.4 Å². The van der Waals surface area contributed by atoms with Crippen molar-refractivity contribution in [1.29, 1.82) is 0 Å². The number of phenolic OH excluding ortho intramolecular Hbond substituents is 1. The average molecular weight is 363 g/mol. The van der Waals surface area contributed by atoms with Gasteiger partial charge in [0.1, 0.15) is 5.75 Å². The zero-order valence-electron chi connectivity index (χ0n) is 13.0. The number of fused-ring (bicyclic) bond motifs is 1. The summed E-state index contributed by atoms with van der Waals surface area (Å²) in [5, 5.41) is 13.3. The lowest BCUT2D eigenvalue weighted by Gasteiger charge is -2.15. The van der Waals surface area contributed by atoms with Gasteiger partial charge in [-0.05, 0) is 30.7 Å². The fraction of sp³-hybridized carbons (Fsp3) is 0.294. The van der Waals surface area contributed by atoms with Crippen molar-refractivity contribution in [2.75, 3.05) is 24.6 Å². The number of hydrogen-bond donors (Lipinski definition) is 1. The number of benzene rings is 1. The first-order valence-corrected chi connectivity index (χ1v) is 8.93. The number of anilines is 1. The zero-order valence-corrected chi connectivity index (χ0v) is 14.5. The van der Waals surface area contributed by atoms with E-state index < -0.39 is 0 Å². The second-order valence-electron chi connectivity index (χ2n) is 5.77. The molecule has 1 aliphatic carbocycles. The minimum absolute atomic E-state index is 0.160. The molecule has 2 heterocycles. The monoisotopic (exact) mass is 362 g/mol. The Hall–Kier alpha value is -2.05. The molecule has 1 atom stereocenters. The summed E-state index contributed by atoms with van der Waals surface area (Å²) in [7, 11) is 0. The summed E-state index contributed by atoms with van der Waals surface area (Å²) in [6.07, 6.45) is 0. The third-order valence-corrected chi connectivity index (χ3v) is 5.42. The number of halogens is 1. The van der Waals surface area contributed by atoms with Gasteiger partial charge < -0.3 is 14.7 Å². The number of nitrogens with zero attached hydrogens (tertiary/aromatic N) is 2. The Bertz CT molecular complexity index is 861. The van der Waals surface area contributed by atoms with Crippen LogP contribution in [0.4, 0.5) is 5.13 Å². The van der Waals surface area contributed by atoms with Gasteiger partial charge in [0.2, 0.25) is 0 Å². The molecule has 1 aliphatic heterocycles. The van der Waals surface area contributed by atoms with Crippen LogP contribution in [-0.4, -0.2) is 35.8 Å². The summed E-state index contributed by atoms with van der Waals surface area (Å²) in [4.78, 5) is 18.5. The highest BCUT2D eigenvalue weighted by atomic mass is 35.5. The smallest absolute Gasteiger partial charge is 0.334 e. The molecule has 0 radical (unpaired) electrons. The van der Waals surface area contributed by atoms with Crippen molar-refractivity contribution in [1.82, 2.24) is 4.98 Å². The van der Waals surface area contributed by atoms with Crippen molar-refractivity contribution < 1.29 is 14.6 Å². The minimum Gasteiger partial charge on any atom is -0.507 e. The summed E-state index contributed by atoms with van der Waals surface area (Å²) in [5.74, 6) is 0.199. The van der Waals surface area contributed by atoms with E-state index in [1.807, 2.05) is 12.3 Å². The summed E-state index contributed by atoms with van der Waals surface area (Å²) in [6, 6.07) is 4.92. The van der Waals surface area contributed by atoms with Crippen LogP contribution in [0, 0.1) is 5.92 Å². The maximum absolute atomic E-state index is 11.8. The highest BCUT2D eigenvalue weighted by Crippen LogP contribution is 2.48. The van der Waals surface area contributed by atoms with E-state index in [-0.39, 0.29) is 17.6 Å². The minimum atomic E-state index is -0.180. The fourth-order valence-corrected chi connectivity index (χ4v) is 4.09. The van der Waals surface area contributed by atoms with Gasteiger partial charge in [0.05, 0.1) is 12.3 Å². The third kappa shape index (κ3) is 2.56. The van der Waals surface area contributed by atoms with E-state index in [2.05, 4.69) is 9.88 Å². The molecule has 2 aromatic rings. The highest BCUT2D eigenvalue weighted by molar-refractivity contribution is 7.14. The van der Waals surface area contributed by atoms with Crippen molar-refractivity contribution in [2.45, 2.75) is 6.92 Å². The van der Waals surface area contributed by atoms with Gasteiger partial charge in [-0.3, -0.25) is 0 Å². The number of rotatable bonds is 4. The molecule has 7 heteroatoms. The van der Waals surface area contributed by atoms with Crippen LogP contribution in [0.1, 0.15) is 6.92 Å². The number of aromatic nitrogens is 1. The summed E-state index contributed by atoms with van der Waals surface area (Å²) < 4.78 is 5.06. The number of esters is 1. The van der Waals surface area contributed by atoms with Gasteiger partial charge in [-0.1, -0.05) is 11.6 Å². The Morgan fingerprint density at radius 1 is 1.54 bits per heavy atom. The van der Waals surface area contributed by atoms with Gasteiger partial charge in [0.25, 0.3) is 0 Å². The molecule has 0 amide bonds. The molecule has 1 aromatic heterocycles. The molecule has 1 unspecified atom stereocenters. The lowest BCUT2D eigenvalue weighted by Crippen LogP contribution is -2.22. The van der Waals surface area contributed by atoms with Crippen LogP contribution in [0.25, 0.3) is 11.3 Å². The number of aromatic hydroxyl groups is 1. The van der Waals surface area contributed by atoms with Crippen LogP contribution < -0.4 is 4.90 Å². The van der Waals surface area contributed by atoms with Crippen LogP contribution in [0.15, 0.2) is 34.7 Å². The Morgan fingerprint density at radius 2 is 2.38 bits per heavy atom. The molecule has 1 aromatic carbocycles. The van der Waals surface area contributed by atoms with E-state index in [1.54, 1.807) is 18.2 Å². The van der Waals surface area contributed by atoms with E-state index >= 15 is 0 Å². The SMILES string of the molecule is CCOC(=O)C1=C2CN(c3nc(-c4cc(Cl)ccc4O)cs3)CC21. The van der Waals surface area contributed by atoms with Crippen molar-refractivity contribution in [3.63, 3.8) is 0 Å². The fourth-order valence-electron chi connectivity index (χ4n) is 3.08. The first kappa shape index (κ1) is 15.5. The van der Waals surface area contributed by atoms with Gasteiger partial charge in [0.15, 0.2) is 5.13 Å². The van der Waals surface area contributed by atoms with E-state index in [9.17, 15) is 9.90 Å². The number of phenols is 1. The quantitative estimate of drug-likeness (QED) is 0.844. The number of thiazole rings is 1. The van der Waals surface area contributed by atoms with Crippen molar-refractivity contribution in [3.05, 3.63) is 39.7 Å². The first-order valence-electron chi connectivity index (χ1n) is 7.68. The number of ether oxygens (including phenoxy) is 1. The predicted octanol–water partition coefficient (Wildman–Crippen LogP) is 3.48. The number of carbonyl (C=O) groups excluding carboxylic acids is 1. The van der Waals surface area contributed by atoms with Crippen LogP contribution >= 0.6 is 22.9 Å². The molecule has 4 rings (SSSR count). The molecule has 2 aliphatic rings. The van der Waals surface area contributed by atoms with E-state index in [1.165, 1.54) is 11.3 Å². The van der Waals surface area contributed by atoms with Gasteiger partial charge in [0, 0.05) is 40.5 Å². The lowest BCUT2D eigenvalue weighted by atomic mass is 10.1. The summed E-state index contributed by atoms with van der Waals surface area (Å²) in [5.41, 5.74) is 3.34. The number of hydrogen-bond acceptors (Lipinski definition) is 6. The maximum atomic E-state index is 11.8. The van der Waals surface area contributed by atoms with Crippen molar-refractivity contribution in [2.24, 2.45) is 5.92 Å². The molecular formula is C17H15ClN2O3S. The van der Waals surface area contributed by atoms with Crippen LogP contribution in [0.3, 0.4) is 0 Å². The lowest BCUT2D eigenvalue weighted by molar-refractivity contribution is -0.138. The predicted molar refractivity (Wildman–Crippen MR) is 93.6 cm³/mol. The standard InChI is InChI=1S/C17H15ClN2O3S/c1-2-23-16(22)15-11-6-20(7-12(11)15)17-19-13(8-24-17)10-5-9(18)3-4-14(10)21/h3-5,8,11,21H,2,6-7H2,1H3. The second kappa shape index (κ2) is 5.79. The largest absolute Gasteiger partial charge is 0.507 e. The summed E-state index contributed by atoms with van der Waals surface area (Å²) >= 11 is 7.52. The van der Waals surface area contributed by atoms with Gasteiger partial charge >= 0.3 is 5.97 Å². The number of carbonyl (C=O) groups is 1. The first-order chi connectivity index (χ1) is 11.6. The normalized spacial score (nSPS) is 18.8. The molecule has 1 fully saturated rings. The van der Waals surface area contributed by atoms with Crippen LogP contribution in [0.5, 0.6) is 5.75 Å². The highest BCUT2D eigenvalue weighted by Gasteiger charge is 2.48. The van der Waals surface area contributed by atoms with E-state index in [0.717, 1.165) is 22.8 Å². The molecule has 5 nitrogen and oxygen atoms in total. The molecular weight excluding hydrogens is 348 g/mol. The van der Waals surface area contributed by atoms with Gasteiger partial charge in [-0.15, -0.1) is 11.3 Å². The van der Waals surface area contributed by atoms with Crippen LogP contribution in [-0.2, 0) is 9.53 Å². The average Bonchev–Trinajstić information content (AvgIpc) is 2.95. The van der Waals surface area contributed by atoms with Gasteiger partial charge in [-0.2, -0.15) is 0 Å². The summed E-state index contributed by atoms with van der Waals surface area (Å²) in [6.45, 7) is 3.70. The maximum Gasteiger partial charge on any atom is 0.334 e. The molecule has 1 saturated heterocycles. The Labute approximate surface area is 148 Å². The Morgan fingerprint density at radius 3 is 3.08 bits per heavy atom. The van der Waals surface area contributed by atoms with Crippen molar-refractivity contribution >= 4 is 34.0 Å². The molecule has 0 bridgehead atoms. The third-order valence-electron chi connectivity index (χ3n) is 4.29. The molecule has 0 spiro atoms.